The molecule has 0 aromatic heterocycles. The molecule has 2 aliphatic rings. The summed E-state index contributed by atoms with van der Waals surface area (Å²) in [4.78, 5) is 25.7. The highest BCUT2D eigenvalue weighted by Crippen LogP contribution is 2.29. The highest BCUT2D eigenvalue weighted by molar-refractivity contribution is 7.87. The van der Waals surface area contributed by atoms with Gasteiger partial charge in [0.1, 0.15) is 12.1 Å². The molecule has 0 radical (unpaired) electrons. The van der Waals surface area contributed by atoms with E-state index in [1.165, 1.54) is 16.8 Å². The number of aliphatic hydroxyl groups is 2. The van der Waals surface area contributed by atoms with Crippen LogP contribution in [0.3, 0.4) is 0 Å². The first-order valence-electron chi connectivity index (χ1n) is 13.4. The van der Waals surface area contributed by atoms with Crippen LogP contribution in [0.5, 0.6) is 0 Å². The highest BCUT2D eigenvalue weighted by Gasteiger charge is 2.33. The van der Waals surface area contributed by atoms with Crippen molar-refractivity contribution in [2.24, 2.45) is 11.8 Å². The van der Waals surface area contributed by atoms with Gasteiger partial charge in [0.25, 0.3) is 10.2 Å². The lowest BCUT2D eigenvalue weighted by Gasteiger charge is -2.33. The normalized spacial score (nSPS) is 21.1. The topological polar surface area (TPSA) is 157 Å². The Morgan fingerprint density at radius 1 is 1.11 bits per heavy atom. The Morgan fingerprint density at radius 3 is 2.35 bits per heavy atom. The number of nitrogens with zero attached hydrogens (tertiary/aromatic N) is 1. The molecule has 0 spiro atoms. The van der Waals surface area contributed by atoms with Gasteiger partial charge < -0.3 is 25.6 Å². The van der Waals surface area contributed by atoms with E-state index in [1.807, 2.05) is 13.8 Å². The zero-order valence-corrected chi connectivity index (χ0v) is 23.0. The summed E-state index contributed by atoms with van der Waals surface area (Å²) in [7, 11) is -3.85. The summed E-state index contributed by atoms with van der Waals surface area (Å²) in [5.74, 6) is -0.671. The minimum atomic E-state index is -3.85. The lowest BCUT2D eigenvalue weighted by Crippen LogP contribution is -2.56. The summed E-state index contributed by atoms with van der Waals surface area (Å²) in [6.07, 6.45) is 5.81. The fraction of sp³-hybridized carbons (Fsp3) is 0.840. The predicted octanol–water partition coefficient (Wildman–Crippen LogP) is 0.437. The zero-order chi connectivity index (χ0) is 27.4. The third-order valence-corrected chi connectivity index (χ3v) is 8.49. The van der Waals surface area contributed by atoms with Gasteiger partial charge in [0.15, 0.2) is 0 Å². The quantitative estimate of drug-likeness (QED) is 0.187. The number of amides is 2. The number of carbonyl (C=O) groups is 2. The molecule has 5 N–H and O–H groups in total. The molecule has 37 heavy (non-hydrogen) atoms. The van der Waals surface area contributed by atoms with Crippen molar-refractivity contribution in [2.45, 2.75) is 89.5 Å². The van der Waals surface area contributed by atoms with Crippen molar-refractivity contribution in [3.63, 3.8) is 0 Å². The van der Waals surface area contributed by atoms with Crippen LogP contribution in [0.25, 0.3) is 0 Å². The Labute approximate surface area is 221 Å². The lowest BCUT2D eigenvalue weighted by atomic mass is 9.82. The third-order valence-electron chi connectivity index (χ3n) is 6.94. The minimum absolute atomic E-state index is 0.120. The molecule has 1 aliphatic heterocycles. The van der Waals surface area contributed by atoms with Crippen molar-refractivity contribution in [3.8, 4) is 0 Å². The summed E-state index contributed by atoms with van der Waals surface area (Å²) in [6.45, 7) is 8.01. The van der Waals surface area contributed by atoms with E-state index in [0.29, 0.717) is 18.8 Å². The van der Waals surface area contributed by atoms with Crippen molar-refractivity contribution < 1.29 is 33.0 Å². The molecule has 0 bridgehead atoms. The molecule has 2 amide bonds. The highest BCUT2D eigenvalue weighted by atomic mass is 32.2. The maximum absolute atomic E-state index is 13.2. The number of morpholine rings is 1. The van der Waals surface area contributed by atoms with Crippen LogP contribution in [0, 0.1) is 11.8 Å². The first kappa shape index (κ1) is 31.6. The fourth-order valence-electron chi connectivity index (χ4n) is 4.92. The molecular weight excluding hydrogens is 500 g/mol. The van der Waals surface area contributed by atoms with E-state index >= 15 is 0 Å². The van der Waals surface area contributed by atoms with E-state index in [-0.39, 0.29) is 38.6 Å². The summed E-state index contributed by atoms with van der Waals surface area (Å²) < 4.78 is 33.5. The molecule has 1 heterocycles. The molecule has 1 saturated carbocycles. The number of aliphatic hydroxyl groups excluding tert-OH is 2. The van der Waals surface area contributed by atoms with Gasteiger partial charge in [-0.3, -0.25) is 9.59 Å². The second kappa shape index (κ2) is 15.7. The van der Waals surface area contributed by atoms with Gasteiger partial charge in [-0.2, -0.15) is 17.4 Å². The maximum Gasteiger partial charge on any atom is 0.280 e. The van der Waals surface area contributed by atoms with Gasteiger partial charge in [-0.05, 0) is 31.1 Å². The number of nitrogens with one attached hydrogen (secondary N) is 3. The SMILES string of the molecule is C=CCC(NC(=O)CNS(=O)(=O)N1CCOCC1)C(=O)N[C@@H](CC1CCCCC1)[C@@H](O)[C@@H](O)CC(C)C. The first-order chi connectivity index (χ1) is 17.5. The molecule has 2 fully saturated rings. The second-order valence-electron chi connectivity index (χ2n) is 10.5. The van der Waals surface area contributed by atoms with E-state index < -0.39 is 52.9 Å². The van der Waals surface area contributed by atoms with Crippen LogP contribution in [0.15, 0.2) is 12.7 Å². The van der Waals surface area contributed by atoms with Crippen LogP contribution in [0.1, 0.15) is 65.2 Å². The maximum atomic E-state index is 13.2. The molecule has 214 valence electrons. The van der Waals surface area contributed by atoms with Crippen LogP contribution in [0.2, 0.25) is 0 Å². The van der Waals surface area contributed by atoms with Crippen molar-refractivity contribution >= 4 is 22.0 Å². The van der Waals surface area contributed by atoms with Crippen LogP contribution >= 0.6 is 0 Å². The largest absolute Gasteiger partial charge is 0.390 e. The van der Waals surface area contributed by atoms with Crippen molar-refractivity contribution in [1.29, 1.82) is 0 Å². The number of carbonyl (C=O) groups excluding carboxylic acids is 2. The fourth-order valence-corrected chi connectivity index (χ4v) is 6.04. The van der Waals surface area contributed by atoms with Gasteiger partial charge in [-0.15, -0.1) is 6.58 Å². The molecule has 2 rings (SSSR count). The van der Waals surface area contributed by atoms with Crippen molar-refractivity contribution in [1.82, 2.24) is 19.7 Å². The van der Waals surface area contributed by atoms with Gasteiger partial charge in [-0.25, -0.2) is 0 Å². The summed E-state index contributed by atoms with van der Waals surface area (Å²) >= 11 is 0. The van der Waals surface area contributed by atoms with E-state index in [4.69, 9.17) is 4.74 Å². The monoisotopic (exact) mass is 546 g/mol. The summed E-state index contributed by atoms with van der Waals surface area (Å²) in [6, 6.07) is -1.67. The van der Waals surface area contributed by atoms with Crippen LogP contribution < -0.4 is 15.4 Å². The number of rotatable bonds is 15. The van der Waals surface area contributed by atoms with E-state index in [1.54, 1.807) is 0 Å². The average Bonchev–Trinajstić information content (AvgIpc) is 2.87. The van der Waals surface area contributed by atoms with E-state index in [9.17, 15) is 28.2 Å². The van der Waals surface area contributed by atoms with Gasteiger partial charge in [0.05, 0.1) is 31.9 Å². The van der Waals surface area contributed by atoms with E-state index in [2.05, 4.69) is 21.9 Å². The van der Waals surface area contributed by atoms with Gasteiger partial charge >= 0.3 is 0 Å². The number of hydrogen-bond donors (Lipinski definition) is 5. The van der Waals surface area contributed by atoms with Crippen molar-refractivity contribution in [2.75, 3.05) is 32.8 Å². The Bertz CT molecular complexity index is 827. The Balaban J connectivity index is 2.01. The molecule has 0 aromatic rings. The third kappa shape index (κ3) is 11.0. The average molecular weight is 547 g/mol. The molecule has 1 unspecified atom stereocenters. The molecule has 11 nitrogen and oxygen atoms in total. The van der Waals surface area contributed by atoms with Crippen molar-refractivity contribution in [3.05, 3.63) is 12.7 Å². The number of ether oxygens (including phenoxy) is 1. The molecular formula is C25H46N4O7S. The minimum Gasteiger partial charge on any atom is -0.390 e. The molecule has 0 aromatic carbocycles. The lowest BCUT2D eigenvalue weighted by molar-refractivity contribution is -0.130. The molecule has 12 heteroatoms. The zero-order valence-electron chi connectivity index (χ0n) is 22.2. The Hall–Kier alpha value is -1.57. The van der Waals surface area contributed by atoms with Gasteiger partial charge in [0.2, 0.25) is 11.8 Å². The standard InChI is InChI=1S/C25H46N4O7S/c1-4-8-20(27-23(31)17-26-37(34,35)29-11-13-36-14-12-29)25(33)28-21(16-19-9-6-5-7-10-19)24(32)22(30)15-18(2)3/h4,18-22,24,26,30,32H,1,5-17H2,2-3H3,(H,27,31)(H,28,33)/t20?,21-,22-,24+/m0/s1. The Kier molecular flexibility index (Phi) is 13.5. The summed E-state index contributed by atoms with van der Waals surface area (Å²) in [5, 5.41) is 26.9. The number of hydrogen-bond acceptors (Lipinski definition) is 7. The first-order valence-corrected chi connectivity index (χ1v) is 14.9. The molecule has 4 atom stereocenters. The smallest absolute Gasteiger partial charge is 0.280 e. The van der Waals surface area contributed by atoms with Crippen LogP contribution in [0.4, 0.5) is 0 Å². The van der Waals surface area contributed by atoms with E-state index in [0.717, 1.165) is 25.7 Å². The van der Waals surface area contributed by atoms with Gasteiger partial charge in [0, 0.05) is 13.1 Å². The van der Waals surface area contributed by atoms with Gasteiger partial charge in [-0.1, -0.05) is 52.0 Å². The van der Waals surface area contributed by atoms with Crippen LogP contribution in [-0.2, 0) is 24.5 Å². The second-order valence-corrected chi connectivity index (χ2v) is 12.3. The molecule has 1 saturated heterocycles. The summed E-state index contributed by atoms with van der Waals surface area (Å²) in [5.41, 5.74) is 0. The van der Waals surface area contributed by atoms with Crippen LogP contribution in [-0.4, -0.2) is 91.9 Å². The molecule has 1 aliphatic carbocycles. The Morgan fingerprint density at radius 2 is 1.76 bits per heavy atom. The predicted molar refractivity (Wildman–Crippen MR) is 141 cm³/mol.